The number of hydrogen-bond donors (Lipinski definition) is 1. The Kier molecular flexibility index (Phi) is 5.03. The van der Waals surface area contributed by atoms with Gasteiger partial charge in [-0.05, 0) is 29.8 Å². The Balaban J connectivity index is 1.80. The zero-order chi connectivity index (χ0) is 18.7. The average Bonchev–Trinajstić information content (AvgIpc) is 2.89. The molecule has 0 fully saturated rings. The second kappa shape index (κ2) is 7.25. The van der Waals surface area contributed by atoms with Gasteiger partial charge in [0.1, 0.15) is 23.9 Å². The van der Waals surface area contributed by atoms with Crippen molar-refractivity contribution in [2.24, 2.45) is 0 Å². The fourth-order valence-electron chi connectivity index (χ4n) is 2.69. The maximum atomic E-state index is 13.2. The summed E-state index contributed by atoms with van der Waals surface area (Å²) in [6, 6.07) is 13.1. The van der Waals surface area contributed by atoms with E-state index in [2.05, 4.69) is 10.3 Å². The van der Waals surface area contributed by atoms with Gasteiger partial charge in [-0.15, -0.1) is 0 Å². The first kappa shape index (κ1) is 18.1. The second-order valence-corrected chi connectivity index (χ2v) is 8.22. The van der Waals surface area contributed by atoms with E-state index in [0.29, 0.717) is 22.4 Å². The number of fused-ring (bicyclic) bond motifs is 1. The van der Waals surface area contributed by atoms with Crippen LogP contribution in [-0.4, -0.2) is 30.1 Å². The van der Waals surface area contributed by atoms with Gasteiger partial charge in [-0.3, -0.25) is 4.79 Å². The number of carbonyl (C=O) groups is 1. The summed E-state index contributed by atoms with van der Waals surface area (Å²) in [5.41, 5.74) is 1.96. The topological polar surface area (TPSA) is 81.1 Å². The Hall–Kier alpha value is -2.74. The summed E-state index contributed by atoms with van der Waals surface area (Å²) in [6.45, 7) is 0.116. The van der Waals surface area contributed by atoms with Crippen LogP contribution in [0.4, 0.5) is 4.39 Å². The van der Waals surface area contributed by atoms with Crippen LogP contribution in [0.5, 0.6) is 0 Å². The molecule has 6 nitrogen and oxygen atoms in total. The molecule has 1 heterocycles. The van der Waals surface area contributed by atoms with Crippen LogP contribution in [0.25, 0.3) is 11.0 Å². The van der Waals surface area contributed by atoms with E-state index >= 15 is 0 Å². The number of para-hydroxylation sites is 2. The SMILES string of the molecule is CS(=O)(=O)Cc1nc2ccccc2n1CC(=O)NCc1cccc(F)c1. The first-order valence-electron chi connectivity index (χ1n) is 7.95. The molecule has 0 spiro atoms. The van der Waals surface area contributed by atoms with E-state index < -0.39 is 9.84 Å². The molecule has 1 N–H and O–H groups in total. The lowest BCUT2D eigenvalue weighted by atomic mass is 10.2. The highest BCUT2D eigenvalue weighted by atomic mass is 32.2. The molecule has 0 saturated carbocycles. The summed E-state index contributed by atoms with van der Waals surface area (Å²) < 4.78 is 38.1. The van der Waals surface area contributed by atoms with Crippen LogP contribution in [-0.2, 0) is 33.5 Å². The zero-order valence-corrected chi connectivity index (χ0v) is 15.0. The van der Waals surface area contributed by atoms with Gasteiger partial charge >= 0.3 is 0 Å². The number of rotatable bonds is 6. The van der Waals surface area contributed by atoms with Crippen LogP contribution >= 0.6 is 0 Å². The van der Waals surface area contributed by atoms with Crippen LogP contribution in [0.15, 0.2) is 48.5 Å². The fraction of sp³-hybridized carbons (Fsp3) is 0.222. The molecule has 0 saturated heterocycles. The van der Waals surface area contributed by atoms with Gasteiger partial charge in [-0.25, -0.2) is 17.8 Å². The summed E-state index contributed by atoms with van der Waals surface area (Å²) in [7, 11) is -3.30. The van der Waals surface area contributed by atoms with Gasteiger partial charge in [0, 0.05) is 12.8 Å². The quantitative estimate of drug-likeness (QED) is 0.715. The summed E-state index contributed by atoms with van der Waals surface area (Å²) in [5.74, 6) is -0.617. The van der Waals surface area contributed by atoms with Crippen LogP contribution in [0, 0.1) is 5.82 Å². The molecule has 0 atom stereocenters. The molecule has 0 aliphatic carbocycles. The molecule has 3 rings (SSSR count). The Bertz CT molecular complexity index is 1060. The van der Waals surface area contributed by atoms with Crippen molar-refractivity contribution in [3.05, 3.63) is 65.7 Å². The predicted octanol–water partition coefficient (Wildman–Crippen LogP) is 2.04. The van der Waals surface area contributed by atoms with Crippen molar-refractivity contribution in [3.8, 4) is 0 Å². The van der Waals surface area contributed by atoms with Gasteiger partial charge < -0.3 is 9.88 Å². The third-order valence-corrected chi connectivity index (χ3v) is 4.59. The molecule has 1 aromatic heterocycles. The van der Waals surface area contributed by atoms with Crippen LogP contribution in [0.1, 0.15) is 11.4 Å². The second-order valence-electron chi connectivity index (χ2n) is 6.08. The monoisotopic (exact) mass is 375 g/mol. The van der Waals surface area contributed by atoms with Gasteiger partial charge in [-0.1, -0.05) is 24.3 Å². The number of imidazole rings is 1. The summed E-state index contributed by atoms with van der Waals surface area (Å²) >= 11 is 0. The zero-order valence-electron chi connectivity index (χ0n) is 14.1. The van der Waals surface area contributed by atoms with Gasteiger partial charge in [0.2, 0.25) is 5.91 Å². The molecule has 0 aliphatic heterocycles. The van der Waals surface area contributed by atoms with Gasteiger partial charge in [0.15, 0.2) is 9.84 Å². The fourth-order valence-corrected chi connectivity index (χ4v) is 3.38. The standard InChI is InChI=1S/C18H18FN3O3S/c1-26(24,25)12-17-21-15-7-2-3-8-16(15)22(17)11-18(23)20-10-13-5-4-6-14(19)9-13/h2-9H,10-12H2,1H3,(H,20,23). The molecule has 136 valence electrons. The van der Waals surface area contributed by atoms with Gasteiger partial charge in [0.25, 0.3) is 0 Å². The maximum absolute atomic E-state index is 13.2. The highest BCUT2D eigenvalue weighted by molar-refractivity contribution is 7.89. The van der Waals surface area contributed by atoms with E-state index in [1.807, 2.05) is 0 Å². The van der Waals surface area contributed by atoms with Crippen molar-refractivity contribution in [3.63, 3.8) is 0 Å². The van der Waals surface area contributed by atoms with E-state index in [4.69, 9.17) is 0 Å². The number of halogens is 1. The minimum atomic E-state index is -3.30. The highest BCUT2D eigenvalue weighted by Gasteiger charge is 2.17. The van der Waals surface area contributed by atoms with E-state index in [0.717, 1.165) is 6.26 Å². The van der Waals surface area contributed by atoms with Crippen molar-refractivity contribution in [1.82, 2.24) is 14.9 Å². The van der Waals surface area contributed by atoms with Crippen LogP contribution < -0.4 is 5.32 Å². The minimum Gasteiger partial charge on any atom is -0.350 e. The van der Waals surface area contributed by atoms with Gasteiger partial charge in [0.05, 0.1) is 11.0 Å². The number of hydrogen-bond acceptors (Lipinski definition) is 4. The lowest BCUT2D eigenvalue weighted by Crippen LogP contribution is -2.28. The number of sulfone groups is 1. The molecule has 1 amide bonds. The van der Waals surface area contributed by atoms with E-state index in [1.165, 1.54) is 12.1 Å². The largest absolute Gasteiger partial charge is 0.350 e. The van der Waals surface area contributed by atoms with E-state index in [1.54, 1.807) is 41.0 Å². The summed E-state index contributed by atoms with van der Waals surface area (Å²) in [6.07, 6.45) is 1.13. The van der Waals surface area contributed by atoms with Crippen molar-refractivity contribution < 1.29 is 17.6 Å². The third kappa shape index (κ3) is 4.45. The Morgan fingerprint density at radius 3 is 2.69 bits per heavy atom. The number of aromatic nitrogens is 2. The molecule has 0 unspecified atom stereocenters. The molecule has 0 aliphatic rings. The predicted molar refractivity (Wildman–Crippen MR) is 96.5 cm³/mol. The van der Waals surface area contributed by atoms with Crippen molar-refractivity contribution in [2.75, 3.05) is 6.26 Å². The maximum Gasteiger partial charge on any atom is 0.240 e. The molecule has 26 heavy (non-hydrogen) atoms. The number of benzene rings is 2. The highest BCUT2D eigenvalue weighted by Crippen LogP contribution is 2.17. The molecule has 2 aromatic carbocycles. The van der Waals surface area contributed by atoms with Crippen LogP contribution in [0.3, 0.4) is 0 Å². The summed E-state index contributed by atoms with van der Waals surface area (Å²) in [4.78, 5) is 16.7. The molecule has 8 heteroatoms. The third-order valence-electron chi connectivity index (χ3n) is 3.81. The van der Waals surface area contributed by atoms with E-state index in [-0.39, 0.29) is 30.6 Å². The Morgan fingerprint density at radius 1 is 1.19 bits per heavy atom. The lowest BCUT2D eigenvalue weighted by molar-refractivity contribution is -0.121. The first-order chi connectivity index (χ1) is 12.3. The number of amides is 1. The smallest absolute Gasteiger partial charge is 0.240 e. The van der Waals surface area contributed by atoms with Crippen molar-refractivity contribution in [2.45, 2.75) is 18.8 Å². The molecular formula is C18H18FN3O3S. The number of nitrogens with one attached hydrogen (secondary N) is 1. The average molecular weight is 375 g/mol. The van der Waals surface area contributed by atoms with Crippen LogP contribution in [0.2, 0.25) is 0 Å². The lowest BCUT2D eigenvalue weighted by Gasteiger charge is -2.10. The number of carbonyl (C=O) groups excluding carboxylic acids is 1. The first-order valence-corrected chi connectivity index (χ1v) is 10.0. The molecule has 0 radical (unpaired) electrons. The van der Waals surface area contributed by atoms with Crippen molar-refractivity contribution in [1.29, 1.82) is 0 Å². The molecule has 3 aromatic rings. The Labute approximate surface area is 150 Å². The number of nitrogens with zero attached hydrogens (tertiary/aromatic N) is 2. The molecule has 0 bridgehead atoms. The minimum absolute atomic E-state index is 0.0688. The summed E-state index contributed by atoms with van der Waals surface area (Å²) in [5, 5.41) is 2.72. The van der Waals surface area contributed by atoms with Gasteiger partial charge in [-0.2, -0.15) is 0 Å². The van der Waals surface area contributed by atoms with Crippen molar-refractivity contribution >= 4 is 26.8 Å². The Morgan fingerprint density at radius 2 is 1.96 bits per heavy atom. The van der Waals surface area contributed by atoms with E-state index in [9.17, 15) is 17.6 Å². The molecular weight excluding hydrogens is 357 g/mol. The normalized spacial score (nSPS) is 11.6.